The molecule has 0 fully saturated rings. The van der Waals surface area contributed by atoms with Crippen molar-refractivity contribution >= 4 is 0 Å². The molecule has 0 radical (unpaired) electrons. The van der Waals surface area contributed by atoms with Crippen molar-refractivity contribution in [2.24, 2.45) is 0 Å². The average molecular weight is 186 g/mol. The number of benzene rings is 1. The predicted molar refractivity (Wildman–Crippen MR) is 46.6 cm³/mol. The smallest absolute Gasteiger partial charge is 0.277 e. The van der Waals surface area contributed by atoms with Crippen molar-refractivity contribution in [2.75, 3.05) is 0 Å². The molecular weight excluding hydrogens is 174 g/mol. The van der Waals surface area contributed by atoms with Gasteiger partial charge in [0.15, 0.2) is 0 Å². The molecule has 0 bridgehead atoms. The maximum atomic E-state index is 13.0. The zero-order valence-electron chi connectivity index (χ0n) is 7.37. The van der Waals surface area contributed by atoms with Gasteiger partial charge in [0.25, 0.3) is 5.92 Å². The first-order valence-electron chi connectivity index (χ1n) is 4.18. The fourth-order valence-corrected chi connectivity index (χ4v) is 1.07. The third kappa shape index (κ3) is 2.25. The number of alkyl halides is 2. The molecule has 0 aromatic heterocycles. The monoisotopic (exact) mass is 186 g/mol. The van der Waals surface area contributed by atoms with Crippen molar-refractivity contribution in [1.82, 2.24) is 0 Å². The molecule has 0 aliphatic rings. The van der Waals surface area contributed by atoms with Gasteiger partial charge in [0.1, 0.15) is 6.10 Å². The van der Waals surface area contributed by atoms with Crippen LogP contribution in [0.3, 0.4) is 0 Å². The number of aliphatic hydroxyl groups is 1. The second kappa shape index (κ2) is 3.83. The van der Waals surface area contributed by atoms with Crippen LogP contribution < -0.4 is 0 Å². The fourth-order valence-electron chi connectivity index (χ4n) is 1.07. The van der Waals surface area contributed by atoms with E-state index in [9.17, 15) is 13.9 Å². The largest absolute Gasteiger partial charge is 0.382 e. The van der Waals surface area contributed by atoms with Gasteiger partial charge in [0.05, 0.1) is 0 Å². The first kappa shape index (κ1) is 10.1. The van der Waals surface area contributed by atoms with E-state index in [1.165, 1.54) is 19.1 Å². The molecule has 0 saturated heterocycles. The van der Waals surface area contributed by atoms with Crippen LogP contribution in [0.5, 0.6) is 0 Å². The topological polar surface area (TPSA) is 20.2 Å². The zero-order valence-corrected chi connectivity index (χ0v) is 7.37. The highest BCUT2D eigenvalue weighted by molar-refractivity contribution is 5.19. The molecule has 1 aromatic rings. The molecule has 0 saturated carbocycles. The van der Waals surface area contributed by atoms with Crippen LogP contribution >= 0.6 is 0 Å². The van der Waals surface area contributed by atoms with Gasteiger partial charge in [-0.3, -0.25) is 0 Å². The van der Waals surface area contributed by atoms with E-state index in [1.54, 1.807) is 18.2 Å². The molecule has 13 heavy (non-hydrogen) atoms. The van der Waals surface area contributed by atoms with E-state index in [0.717, 1.165) is 0 Å². The van der Waals surface area contributed by atoms with Crippen molar-refractivity contribution < 1.29 is 13.9 Å². The molecule has 1 aromatic carbocycles. The molecule has 1 nitrogen and oxygen atoms in total. The van der Waals surface area contributed by atoms with Crippen LogP contribution in [0, 0.1) is 0 Å². The van der Waals surface area contributed by atoms with Crippen molar-refractivity contribution in [2.45, 2.75) is 25.4 Å². The lowest BCUT2D eigenvalue weighted by atomic mass is 10.0. The SMILES string of the molecule is CCC(F)(F)C(O)c1ccccc1. The van der Waals surface area contributed by atoms with Crippen LogP contribution in [-0.4, -0.2) is 11.0 Å². The van der Waals surface area contributed by atoms with Gasteiger partial charge in [-0.1, -0.05) is 37.3 Å². The molecule has 0 spiro atoms. The number of aliphatic hydroxyl groups excluding tert-OH is 1. The van der Waals surface area contributed by atoms with E-state index < -0.39 is 12.0 Å². The Bertz CT molecular complexity index is 259. The standard InChI is InChI=1S/C10H12F2O/c1-2-10(11,12)9(13)8-6-4-3-5-7-8/h3-7,9,13H,2H2,1H3. The number of hydrogen-bond acceptors (Lipinski definition) is 1. The number of rotatable bonds is 3. The van der Waals surface area contributed by atoms with Gasteiger partial charge >= 0.3 is 0 Å². The van der Waals surface area contributed by atoms with Gasteiger partial charge < -0.3 is 5.11 Å². The van der Waals surface area contributed by atoms with Gasteiger partial charge in [-0.2, -0.15) is 0 Å². The minimum atomic E-state index is -3.04. The third-order valence-corrected chi connectivity index (χ3v) is 1.99. The van der Waals surface area contributed by atoms with Crippen molar-refractivity contribution in [3.05, 3.63) is 35.9 Å². The molecule has 3 heteroatoms. The quantitative estimate of drug-likeness (QED) is 0.769. The Morgan fingerprint density at radius 1 is 1.31 bits per heavy atom. The van der Waals surface area contributed by atoms with E-state index >= 15 is 0 Å². The molecule has 1 atom stereocenters. The van der Waals surface area contributed by atoms with Gasteiger partial charge in [-0.15, -0.1) is 0 Å². The minimum absolute atomic E-state index is 0.259. The van der Waals surface area contributed by atoms with Crippen LogP contribution in [0.4, 0.5) is 8.78 Å². The normalized spacial score (nSPS) is 14.2. The Hall–Kier alpha value is -0.960. The Morgan fingerprint density at radius 3 is 2.31 bits per heavy atom. The summed E-state index contributed by atoms with van der Waals surface area (Å²) in [6, 6.07) is 7.97. The highest BCUT2D eigenvalue weighted by atomic mass is 19.3. The maximum Gasteiger partial charge on any atom is 0.277 e. The van der Waals surface area contributed by atoms with E-state index in [-0.39, 0.29) is 12.0 Å². The number of halogens is 2. The lowest BCUT2D eigenvalue weighted by Crippen LogP contribution is -2.24. The Kier molecular flexibility index (Phi) is 2.98. The summed E-state index contributed by atoms with van der Waals surface area (Å²) in [5.41, 5.74) is 0.259. The third-order valence-electron chi connectivity index (χ3n) is 1.99. The summed E-state index contributed by atoms with van der Waals surface area (Å²) in [5, 5.41) is 9.30. The summed E-state index contributed by atoms with van der Waals surface area (Å²) >= 11 is 0. The first-order chi connectivity index (χ1) is 6.08. The fraction of sp³-hybridized carbons (Fsp3) is 0.400. The lowest BCUT2D eigenvalue weighted by molar-refractivity contribution is -0.112. The molecule has 1 N–H and O–H groups in total. The molecule has 1 unspecified atom stereocenters. The van der Waals surface area contributed by atoms with Crippen LogP contribution in [-0.2, 0) is 0 Å². The van der Waals surface area contributed by atoms with Crippen LogP contribution in [0.1, 0.15) is 25.0 Å². The Labute approximate surface area is 76.0 Å². The zero-order chi connectivity index (χ0) is 9.90. The molecule has 0 aliphatic heterocycles. The summed E-state index contributed by atoms with van der Waals surface area (Å²) in [7, 11) is 0. The summed E-state index contributed by atoms with van der Waals surface area (Å²) in [4.78, 5) is 0. The highest BCUT2D eigenvalue weighted by Crippen LogP contribution is 2.33. The van der Waals surface area contributed by atoms with E-state index in [1.807, 2.05) is 0 Å². The van der Waals surface area contributed by atoms with Crippen LogP contribution in [0.25, 0.3) is 0 Å². The number of hydrogen-bond donors (Lipinski definition) is 1. The Balaban J connectivity index is 2.85. The van der Waals surface area contributed by atoms with E-state index in [4.69, 9.17) is 0 Å². The second-order valence-corrected chi connectivity index (χ2v) is 2.93. The van der Waals surface area contributed by atoms with E-state index in [0.29, 0.717) is 0 Å². The van der Waals surface area contributed by atoms with Crippen molar-refractivity contribution in [3.8, 4) is 0 Å². The predicted octanol–water partition coefficient (Wildman–Crippen LogP) is 2.77. The summed E-state index contributed by atoms with van der Waals surface area (Å²) in [5.74, 6) is -3.04. The lowest BCUT2D eigenvalue weighted by Gasteiger charge is -2.21. The van der Waals surface area contributed by atoms with Crippen molar-refractivity contribution in [3.63, 3.8) is 0 Å². The molecule has 0 aliphatic carbocycles. The highest BCUT2D eigenvalue weighted by Gasteiger charge is 2.36. The van der Waals surface area contributed by atoms with Crippen LogP contribution in [0.15, 0.2) is 30.3 Å². The van der Waals surface area contributed by atoms with Gasteiger partial charge in [-0.25, -0.2) is 8.78 Å². The summed E-state index contributed by atoms with van der Waals surface area (Å²) < 4.78 is 26.0. The summed E-state index contributed by atoms with van der Waals surface area (Å²) in [6.07, 6.45) is -2.05. The van der Waals surface area contributed by atoms with Crippen LogP contribution in [0.2, 0.25) is 0 Å². The molecule has 1 rings (SSSR count). The molecular formula is C10H12F2O. The maximum absolute atomic E-state index is 13.0. The molecule has 0 amide bonds. The Morgan fingerprint density at radius 2 is 1.85 bits per heavy atom. The molecule has 0 heterocycles. The average Bonchev–Trinajstić information content (AvgIpc) is 2.18. The van der Waals surface area contributed by atoms with Gasteiger partial charge in [0.2, 0.25) is 0 Å². The van der Waals surface area contributed by atoms with E-state index in [2.05, 4.69) is 0 Å². The minimum Gasteiger partial charge on any atom is -0.382 e. The second-order valence-electron chi connectivity index (χ2n) is 2.93. The first-order valence-corrected chi connectivity index (χ1v) is 4.18. The summed E-state index contributed by atoms with van der Waals surface area (Å²) in [6.45, 7) is 1.35. The molecule has 72 valence electrons. The van der Waals surface area contributed by atoms with Gasteiger partial charge in [0, 0.05) is 6.42 Å². The van der Waals surface area contributed by atoms with Crippen molar-refractivity contribution in [1.29, 1.82) is 0 Å². The van der Waals surface area contributed by atoms with Gasteiger partial charge in [-0.05, 0) is 5.56 Å².